The number of hydrogen-bond donors (Lipinski definition) is 2. The molecule has 3 aromatic rings. The van der Waals surface area contributed by atoms with Gasteiger partial charge in [0, 0.05) is 23.2 Å². The van der Waals surface area contributed by atoms with Crippen LogP contribution < -0.4 is 10.2 Å². The monoisotopic (exact) mass is 412 g/mol. The highest BCUT2D eigenvalue weighted by molar-refractivity contribution is 6.09. The van der Waals surface area contributed by atoms with Gasteiger partial charge in [-0.3, -0.25) is 9.59 Å². The third kappa shape index (κ3) is 4.00. The summed E-state index contributed by atoms with van der Waals surface area (Å²) in [6.07, 6.45) is -0.189. The van der Waals surface area contributed by atoms with Gasteiger partial charge in [0.1, 0.15) is 0 Å². The lowest BCUT2D eigenvalue weighted by Gasteiger charge is -2.24. The number of rotatable bonds is 6. The number of aryl methyl sites for hydroxylation is 1. The molecule has 0 aromatic heterocycles. The minimum absolute atomic E-state index is 0.132. The zero-order chi connectivity index (χ0) is 22.0. The molecule has 156 valence electrons. The summed E-state index contributed by atoms with van der Waals surface area (Å²) in [4.78, 5) is 27.6. The van der Waals surface area contributed by atoms with E-state index in [9.17, 15) is 14.7 Å². The summed E-state index contributed by atoms with van der Waals surface area (Å²) in [5.74, 6) is -0.883. The standard InChI is InChI=1S/C26H24N2O3/c1-18-12-14-21(15-13-18)27-24(29)19(2)16-26(31)22-10-6-7-11-23(22)28(25(26)30)17-20-8-4-3-5-9-20/h3-15,31H,2,16-17H2,1H3,(H,27,29)/t26-/m0/s1. The fourth-order valence-corrected chi connectivity index (χ4v) is 3.85. The number of benzene rings is 3. The van der Waals surface area contributed by atoms with Crippen molar-refractivity contribution in [3.8, 4) is 0 Å². The highest BCUT2D eigenvalue weighted by Gasteiger charge is 2.50. The minimum atomic E-state index is -1.84. The molecule has 0 spiro atoms. The Morgan fingerprint density at radius 1 is 1.00 bits per heavy atom. The van der Waals surface area contributed by atoms with Crippen molar-refractivity contribution in [2.45, 2.75) is 25.5 Å². The van der Waals surface area contributed by atoms with Crippen LogP contribution in [-0.4, -0.2) is 16.9 Å². The first kappa shape index (κ1) is 20.6. The third-order valence-corrected chi connectivity index (χ3v) is 5.52. The molecule has 5 heteroatoms. The largest absolute Gasteiger partial charge is 0.375 e. The Morgan fingerprint density at radius 3 is 2.35 bits per heavy atom. The van der Waals surface area contributed by atoms with Crippen molar-refractivity contribution in [3.63, 3.8) is 0 Å². The summed E-state index contributed by atoms with van der Waals surface area (Å²) in [5, 5.41) is 14.2. The molecule has 0 fully saturated rings. The summed E-state index contributed by atoms with van der Waals surface area (Å²) >= 11 is 0. The van der Waals surface area contributed by atoms with Crippen LogP contribution in [0.4, 0.5) is 11.4 Å². The van der Waals surface area contributed by atoms with Gasteiger partial charge in [0.2, 0.25) is 0 Å². The van der Waals surface area contributed by atoms with E-state index in [1.807, 2.05) is 61.5 Å². The molecule has 3 aromatic carbocycles. The number of carbonyl (C=O) groups excluding carboxylic acids is 2. The Kier molecular flexibility index (Phi) is 5.44. The average Bonchev–Trinajstić information content (AvgIpc) is 2.98. The lowest BCUT2D eigenvalue weighted by Crippen LogP contribution is -2.41. The van der Waals surface area contributed by atoms with Crippen LogP contribution in [-0.2, 0) is 21.7 Å². The van der Waals surface area contributed by atoms with Crippen molar-refractivity contribution >= 4 is 23.2 Å². The van der Waals surface area contributed by atoms with Crippen LogP contribution in [0, 0.1) is 6.92 Å². The molecule has 0 saturated heterocycles. The van der Waals surface area contributed by atoms with Crippen LogP contribution in [0.3, 0.4) is 0 Å². The Hall–Kier alpha value is -3.70. The van der Waals surface area contributed by atoms with Gasteiger partial charge in [-0.05, 0) is 30.7 Å². The number of carbonyl (C=O) groups is 2. The lowest BCUT2D eigenvalue weighted by molar-refractivity contribution is -0.136. The Balaban J connectivity index is 1.56. The molecule has 0 aliphatic carbocycles. The molecule has 31 heavy (non-hydrogen) atoms. The zero-order valence-electron chi connectivity index (χ0n) is 17.3. The Labute approximate surface area is 181 Å². The van der Waals surface area contributed by atoms with Crippen LogP contribution in [0.25, 0.3) is 0 Å². The average molecular weight is 412 g/mol. The molecular formula is C26H24N2O3. The molecule has 1 aliphatic heterocycles. The van der Waals surface area contributed by atoms with E-state index >= 15 is 0 Å². The predicted molar refractivity (Wildman–Crippen MR) is 122 cm³/mol. The number of nitrogens with zero attached hydrogens (tertiary/aromatic N) is 1. The van der Waals surface area contributed by atoms with Crippen LogP contribution in [0.5, 0.6) is 0 Å². The molecule has 1 atom stereocenters. The molecule has 2 N–H and O–H groups in total. The molecule has 1 heterocycles. The van der Waals surface area contributed by atoms with Crippen molar-refractivity contribution in [1.82, 2.24) is 0 Å². The predicted octanol–water partition coefficient (Wildman–Crippen LogP) is 4.31. The maximum absolute atomic E-state index is 13.3. The van der Waals surface area contributed by atoms with Gasteiger partial charge in [0.05, 0.1) is 12.2 Å². The second kappa shape index (κ2) is 8.20. The summed E-state index contributed by atoms with van der Waals surface area (Å²) in [6.45, 7) is 6.15. The molecule has 4 rings (SSSR count). The number of fused-ring (bicyclic) bond motifs is 1. The fraction of sp³-hybridized carbons (Fsp3) is 0.154. The van der Waals surface area contributed by atoms with Crippen molar-refractivity contribution in [3.05, 3.63) is 108 Å². The summed E-state index contributed by atoms with van der Waals surface area (Å²) < 4.78 is 0. The van der Waals surface area contributed by atoms with E-state index in [1.54, 1.807) is 29.2 Å². The van der Waals surface area contributed by atoms with Gasteiger partial charge < -0.3 is 15.3 Å². The molecule has 0 saturated carbocycles. The number of amides is 2. The van der Waals surface area contributed by atoms with E-state index in [0.717, 1.165) is 11.1 Å². The van der Waals surface area contributed by atoms with Gasteiger partial charge >= 0.3 is 0 Å². The third-order valence-electron chi connectivity index (χ3n) is 5.52. The molecule has 1 aliphatic rings. The number of anilines is 2. The normalized spacial score (nSPS) is 17.4. The second-order valence-electron chi connectivity index (χ2n) is 7.85. The smallest absolute Gasteiger partial charge is 0.264 e. The van der Waals surface area contributed by atoms with Gasteiger partial charge in [-0.15, -0.1) is 0 Å². The summed E-state index contributed by atoms with van der Waals surface area (Å²) in [5.41, 5.74) is 2.09. The van der Waals surface area contributed by atoms with Crippen LogP contribution in [0.1, 0.15) is 23.1 Å². The maximum atomic E-state index is 13.3. The first-order valence-corrected chi connectivity index (χ1v) is 10.1. The topological polar surface area (TPSA) is 69.6 Å². The molecule has 0 radical (unpaired) electrons. The Morgan fingerprint density at radius 2 is 1.65 bits per heavy atom. The van der Waals surface area contributed by atoms with Crippen molar-refractivity contribution in [2.24, 2.45) is 0 Å². The maximum Gasteiger partial charge on any atom is 0.264 e. The van der Waals surface area contributed by atoms with E-state index in [1.165, 1.54) is 0 Å². The van der Waals surface area contributed by atoms with Crippen molar-refractivity contribution in [2.75, 3.05) is 10.2 Å². The number of aliphatic hydroxyl groups is 1. The molecule has 0 unspecified atom stereocenters. The molecule has 5 nitrogen and oxygen atoms in total. The fourth-order valence-electron chi connectivity index (χ4n) is 3.85. The van der Waals surface area contributed by atoms with Gasteiger partial charge in [-0.1, -0.05) is 72.8 Å². The first-order chi connectivity index (χ1) is 14.9. The van der Waals surface area contributed by atoms with Crippen LogP contribution in [0.15, 0.2) is 91.0 Å². The van der Waals surface area contributed by atoms with E-state index < -0.39 is 17.4 Å². The van der Waals surface area contributed by atoms with Crippen molar-refractivity contribution < 1.29 is 14.7 Å². The highest BCUT2D eigenvalue weighted by atomic mass is 16.3. The Bertz CT molecular complexity index is 1140. The minimum Gasteiger partial charge on any atom is -0.375 e. The second-order valence-corrected chi connectivity index (χ2v) is 7.85. The molecule has 0 bridgehead atoms. The molecule has 2 amide bonds. The first-order valence-electron chi connectivity index (χ1n) is 10.1. The van der Waals surface area contributed by atoms with Gasteiger partial charge in [-0.25, -0.2) is 0 Å². The highest BCUT2D eigenvalue weighted by Crippen LogP contribution is 2.44. The number of hydrogen-bond acceptors (Lipinski definition) is 3. The number of para-hydroxylation sites is 1. The van der Waals surface area contributed by atoms with Gasteiger partial charge in [0.25, 0.3) is 11.8 Å². The zero-order valence-corrected chi connectivity index (χ0v) is 17.3. The van der Waals surface area contributed by atoms with Gasteiger partial charge in [0.15, 0.2) is 5.60 Å². The van der Waals surface area contributed by atoms with E-state index in [0.29, 0.717) is 23.5 Å². The van der Waals surface area contributed by atoms with E-state index in [4.69, 9.17) is 0 Å². The quantitative estimate of drug-likeness (QED) is 0.593. The lowest BCUT2D eigenvalue weighted by atomic mass is 9.88. The van der Waals surface area contributed by atoms with Gasteiger partial charge in [-0.2, -0.15) is 0 Å². The summed E-state index contributed by atoms with van der Waals surface area (Å²) in [6, 6.07) is 24.1. The van der Waals surface area contributed by atoms with Crippen LogP contribution in [0.2, 0.25) is 0 Å². The van der Waals surface area contributed by atoms with E-state index in [2.05, 4.69) is 11.9 Å². The molecular weight excluding hydrogens is 388 g/mol. The van der Waals surface area contributed by atoms with E-state index in [-0.39, 0.29) is 12.0 Å². The SMILES string of the molecule is C=C(C[C@@]1(O)C(=O)N(Cc2ccccc2)c2ccccc21)C(=O)Nc1ccc(C)cc1. The number of nitrogens with one attached hydrogen (secondary N) is 1. The van der Waals surface area contributed by atoms with Crippen molar-refractivity contribution in [1.29, 1.82) is 0 Å². The van der Waals surface area contributed by atoms with Crippen LogP contribution >= 0.6 is 0 Å². The summed E-state index contributed by atoms with van der Waals surface area (Å²) in [7, 11) is 0.